The maximum atomic E-state index is 12.3. The number of carbonyl (C=O) groups is 2. The summed E-state index contributed by atoms with van der Waals surface area (Å²) < 4.78 is 6.36. The van der Waals surface area contributed by atoms with E-state index in [0.717, 1.165) is 0 Å². The highest BCUT2D eigenvalue weighted by molar-refractivity contribution is 6.31. The van der Waals surface area contributed by atoms with Gasteiger partial charge in [0.15, 0.2) is 6.61 Å². The van der Waals surface area contributed by atoms with E-state index in [1.54, 1.807) is 18.2 Å². The molecule has 0 fully saturated rings. The van der Waals surface area contributed by atoms with Gasteiger partial charge in [-0.2, -0.15) is 9.94 Å². The molecule has 1 heterocycles. The summed E-state index contributed by atoms with van der Waals surface area (Å²) in [6, 6.07) is 12.9. The Morgan fingerprint density at radius 2 is 2.07 bits per heavy atom. The molecule has 9 nitrogen and oxygen atoms in total. The quantitative estimate of drug-likeness (QED) is 0.669. The Hall–Kier alpha value is -3.77. The number of carbonyl (C=O) groups excluding carboxylic acids is 2. The molecule has 0 spiro atoms. The SMILES string of the molecule is N#Cc1ccc(Cl)cc1NC(=O)COC(=O)c1ccccc1-n1cnnn1. The lowest BCUT2D eigenvalue weighted by Crippen LogP contribution is -2.22. The number of aromatic nitrogens is 4. The molecule has 0 aliphatic rings. The van der Waals surface area contributed by atoms with E-state index in [1.807, 2.05) is 6.07 Å². The molecule has 0 atom stereocenters. The summed E-state index contributed by atoms with van der Waals surface area (Å²) in [7, 11) is 0. The second-order valence-corrected chi connectivity index (χ2v) is 5.63. The van der Waals surface area contributed by atoms with Crippen LogP contribution in [0.5, 0.6) is 0 Å². The Morgan fingerprint density at radius 1 is 1.26 bits per heavy atom. The standard InChI is InChI=1S/C17H11ClN6O3/c18-12-6-5-11(8-19)14(7-12)21-16(25)9-27-17(26)13-3-1-2-4-15(13)24-10-20-22-23-24/h1-7,10H,9H2,(H,21,25). The number of para-hydroxylation sites is 1. The molecule has 0 aliphatic carbocycles. The zero-order valence-electron chi connectivity index (χ0n) is 13.7. The average Bonchev–Trinajstić information content (AvgIpc) is 3.21. The number of halogens is 1. The molecule has 134 valence electrons. The molecule has 0 bridgehead atoms. The van der Waals surface area contributed by atoms with E-state index in [4.69, 9.17) is 21.6 Å². The van der Waals surface area contributed by atoms with Crippen molar-refractivity contribution in [3.8, 4) is 11.8 Å². The molecule has 3 rings (SSSR count). The number of benzene rings is 2. The van der Waals surface area contributed by atoms with Crippen molar-refractivity contribution in [3.63, 3.8) is 0 Å². The first kappa shape index (κ1) is 18.0. The fourth-order valence-corrected chi connectivity index (χ4v) is 2.40. The number of rotatable bonds is 5. The maximum absolute atomic E-state index is 12.3. The van der Waals surface area contributed by atoms with Crippen molar-refractivity contribution in [2.24, 2.45) is 0 Å². The van der Waals surface area contributed by atoms with Gasteiger partial charge in [0, 0.05) is 5.02 Å². The van der Waals surface area contributed by atoms with Crippen molar-refractivity contribution >= 4 is 29.2 Å². The lowest BCUT2D eigenvalue weighted by molar-refractivity contribution is -0.119. The number of tetrazole rings is 1. The minimum absolute atomic E-state index is 0.193. The zero-order valence-corrected chi connectivity index (χ0v) is 14.4. The van der Waals surface area contributed by atoms with E-state index in [1.165, 1.54) is 35.3 Å². The molecule has 0 unspecified atom stereocenters. The van der Waals surface area contributed by atoms with Gasteiger partial charge in [-0.1, -0.05) is 23.7 Å². The van der Waals surface area contributed by atoms with Crippen LogP contribution in [0, 0.1) is 11.3 Å². The Labute approximate surface area is 158 Å². The van der Waals surface area contributed by atoms with Crippen molar-refractivity contribution in [2.45, 2.75) is 0 Å². The average molecular weight is 383 g/mol. The van der Waals surface area contributed by atoms with Gasteiger partial charge in [0.1, 0.15) is 12.4 Å². The number of nitriles is 1. The number of nitrogens with zero attached hydrogens (tertiary/aromatic N) is 5. The van der Waals surface area contributed by atoms with Crippen LogP contribution < -0.4 is 5.32 Å². The van der Waals surface area contributed by atoms with E-state index in [9.17, 15) is 9.59 Å². The second kappa shape index (κ2) is 8.07. The van der Waals surface area contributed by atoms with Crippen LogP contribution in [0.25, 0.3) is 5.69 Å². The van der Waals surface area contributed by atoms with E-state index < -0.39 is 18.5 Å². The second-order valence-electron chi connectivity index (χ2n) is 5.20. The molecular formula is C17H11ClN6O3. The summed E-state index contributed by atoms with van der Waals surface area (Å²) in [4.78, 5) is 24.4. The number of hydrogen-bond acceptors (Lipinski definition) is 7. The summed E-state index contributed by atoms with van der Waals surface area (Å²) in [5, 5.41) is 22.7. The molecule has 1 aromatic heterocycles. The Morgan fingerprint density at radius 3 is 2.81 bits per heavy atom. The smallest absolute Gasteiger partial charge is 0.340 e. The predicted molar refractivity (Wildman–Crippen MR) is 94.2 cm³/mol. The molecule has 2 aromatic carbocycles. The molecule has 1 amide bonds. The van der Waals surface area contributed by atoms with E-state index >= 15 is 0 Å². The zero-order chi connectivity index (χ0) is 19.2. The third kappa shape index (κ3) is 4.26. The first-order valence-electron chi connectivity index (χ1n) is 7.57. The number of anilines is 1. The third-order valence-electron chi connectivity index (χ3n) is 3.43. The fourth-order valence-electron chi connectivity index (χ4n) is 2.23. The Bertz CT molecular complexity index is 1030. The monoisotopic (exact) mass is 382 g/mol. The van der Waals surface area contributed by atoms with Gasteiger partial charge >= 0.3 is 5.97 Å². The molecule has 3 aromatic rings. The van der Waals surface area contributed by atoms with Crippen LogP contribution in [-0.2, 0) is 9.53 Å². The largest absolute Gasteiger partial charge is 0.452 e. The molecule has 0 saturated carbocycles. The molecule has 0 radical (unpaired) electrons. The van der Waals surface area contributed by atoms with Gasteiger partial charge in [0.25, 0.3) is 5.91 Å². The molecule has 10 heteroatoms. The molecular weight excluding hydrogens is 372 g/mol. The van der Waals surface area contributed by atoms with Gasteiger partial charge in [0.2, 0.25) is 0 Å². The highest BCUT2D eigenvalue weighted by atomic mass is 35.5. The Balaban J connectivity index is 1.68. The molecule has 0 aliphatic heterocycles. The number of esters is 1. The lowest BCUT2D eigenvalue weighted by atomic mass is 10.2. The molecule has 27 heavy (non-hydrogen) atoms. The maximum Gasteiger partial charge on any atom is 0.340 e. The summed E-state index contributed by atoms with van der Waals surface area (Å²) >= 11 is 5.87. The summed E-state index contributed by atoms with van der Waals surface area (Å²) in [5.74, 6) is -1.33. The van der Waals surface area contributed by atoms with Crippen molar-refractivity contribution in [1.29, 1.82) is 5.26 Å². The van der Waals surface area contributed by atoms with Gasteiger partial charge < -0.3 is 10.1 Å². The Kier molecular flexibility index (Phi) is 5.39. The minimum atomic E-state index is -0.720. The van der Waals surface area contributed by atoms with Crippen LogP contribution in [0.2, 0.25) is 5.02 Å². The highest BCUT2D eigenvalue weighted by Gasteiger charge is 2.16. The van der Waals surface area contributed by atoms with E-state index in [2.05, 4.69) is 20.8 Å². The number of ether oxygens (including phenoxy) is 1. The minimum Gasteiger partial charge on any atom is -0.452 e. The fraction of sp³-hybridized carbons (Fsp3) is 0.0588. The summed E-state index contributed by atoms with van der Waals surface area (Å²) in [5.41, 5.74) is 1.08. The normalized spacial score (nSPS) is 10.1. The van der Waals surface area contributed by atoms with Crippen LogP contribution in [-0.4, -0.2) is 38.7 Å². The van der Waals surface area contributed by atoms with Gasteiger partial charge in [-0.25, -0.2) is 4.79 Å². The van der Waals surface area contributed by atoms with Crippen LogP contribution >= 0.6 is 11.6 Å². The van der Waals surface area contributed by atoms with Gasteiger partial charge in [0.05, 0.1) is 22.5 Å². The van der Waals surface area contributed by atoms with E-state index in [0.29, 0.717) is 10.7 Å². The van der Waals surface area contributed by atoms with Crippen LogP contribution in [0.4, 0.5) is 5.69 Å². The molecule has 1 N–H and O–H groups in total. The van der Waals surface area contributed by atoms with Crippen LogP contribution in [0.15, 0.2) is 48.8 Å². The van der Waals surface area contributed by atoms with Crippen molar-refractivity contribution in [1.82, 2.24) is 20.2 Å². The number of hydrogen-bond donors (Lipinski definition) is 1. The van der Waals surface area contributed by atoms with Gasteiger partial charge in [-0.15, -0.1) is 5.10 Å². The van der Waals surface area contributed by atoms with Crippen LogP contribution in [0.3, 0.4) is 0 Å². The lowest BCUT2D eigenvalue weighted by Gasteiger charge is -2.10. The van der Waals surface area contributed by atoms with Crippen molar-refractivity contribution in [3.05, 3.63) is 64.9 Å². The summed E-state index contributed by atoms with van der Waals surface area (Å²) in [6.45, 7) is -0.542. The summed E-state index contributed by atoms with van der Waals surface area (Å²) in [6.07, 6.45) is 1.33. The highest BCUT2D eigenvalue weighted by Crippen LogP contribution is 2.20. The first-order valence-corrected chi connectivity index (χ1v) is 7.95. The molecule has 0 saturated heterocycles. The van der Waals surface area contributed by atoms with Gasteiger partial charge in [-0.3, -0.25) is 4.79 Å². The van der Waals surface area contributed by atoms with Crippen molar-refractivity contribution in [2.75, 3.05) is 11.9 Å². The number of amides is 1. The van der Waals surface area contributed by atoms with Crippen LogP contribution in [0.1, 0.15) is 15.9 Å². The third-order valence-corrected chi connectivity index (χ3v) is 3.67. The predicted octanol–water partition coefficient (Wildman–Crippen LogP) is 1.98. The topological polar surface area (TPSA) is 123 Å². The van der Waals surface area contributed by atoms with Gasteiger partial charge in [-0.05, 0) is 40.8 Å². The van der Waals surface area contributed by atoms with Crippen molar-refractivity contribution < 1.29 is 14.3 Å². The first-order chi connectivity index (χ1) is 13.1. The van der Waals surface area contributed by atoms with E-state index in [-0.39, 0.29) is 16.8 Å². The number of nitrogens with one attached hydrogen (secondary N) is 1.